The Kier molecular flexibility index (Phi) is 7.05. The van der Waals surface area contributed by atoms with Crippen molar-refractivity contribution in [1.29, 1.82) is 0 Å². The van der Waals surface area contributed by atoms with Crippen molar-refractivity contribution in [3.63, 3.8) is 0 Å². The highest BCUT2D eigenvalue weighted by Gasteiger charge is 2.21. The molecule has 2 aliphatic heterocycles. The Labute approximate surface area is 183 Å². The molecule has 0 N–H and O–H groups in total. The number of nitrogens with zero attached hydrogens (tertiary/aromatic N) is 2. The van der Waals surface area contributed by atoms with Gasteiger partial charge in [-0.1, -0.05) is 32.0 Å². The Morgan fingerprint density at radius 2 is 2.13 bits per heavy atom. The molecular formula is C24H32N2O5. The minimum atomic E-state index is -0.275. The molecule has 1 aromatic heterocycles. The SMILES string of the molecule is COC(CCc1ccc2c(c1)CCn1c-2cc(OC[C@@H]2COCCO2)nc1=O)C(C)C. The fraction of sp³-hybridized carbons (Fsp3) is 0.583. The van der Waals surface area contributed by atoms with E-state index in [9.17, 15) is 4.79 Å². The summed E-state index contributed by atoms with van der Waals surface area (Å²) in [6.07, 6.45) is 2.93. The van der Waals surface area contributed by atoms with Crippen molar-refractivity contribution < 1.29 is 18.9 Å². The van der Waals surface area contributed by atoms with E-state index in [1.807, 2.05) is 6.07 Å². The molecule has 2 atom stereocenters. The number of methoxy groups -OCH3 is 1. The summed E-state index contributed by atoms with van der Waals surface area (Å²) in [5, 5.41) is 0. The van der Waals surface area contributed by atoms with E-state index in [0.717, 1.165) is 30.5 Å². The van der Waals surface area contributed by atoms with Crippen LogP contribution < -0.4 is 10.4 Å². The third-order valence-corrected chi connectivity index (χ3v) is 6.10. The second-order valence-electron chi connectivity index (χ2n) is 8.59. The molecule has 0 amide bonds. The third-order valence-electron chi connectivity index (χ3n) is 6.10. The Bertz CT molecular complexity index is 949. The first-order chi connectivity index (χ1) is 15.0. The van der Waals surface area contributed by atoms with Gasteiger partial charge in [0.1, 0.15) is 12.7 Å². The molecule has 31 heavy (non-hydrogen) atoms. The van der Waals surface area contributed by atoms with E-state index in [4.69, 9.17) is 18.9 Å². The van der Waals surface area contributed by atoms with E-state index >= 15 is 0 Å². The van der Waals surface area contributed by atoms with E-state index in [1.54, 1.807) is 11.7 Å². The molecule has 168 valence electrons. The molecule has 4 rings (SSSR count). The Morgan fingerprint density at radius 1 is 1.26 bits per heavy atom. The fourth-order valence-electron chi connectivity index (χ4n) is 4.33. The van der Waals surface area contributed by atoms with Gasteiger partial charge in [-0.3, -0.25) is 4.57 Å². The van der Waals surface area contributed by atoms with Crippen LogP contribution >= 0.6 is 0 Å². The lowest BCUT2D eigenvalue weighted by atomic mass is 9.93. The van der Waals surface area contributed by atoms with Gasteiger partial charge < -0.3 is 18.9 Å². The monoisotopic (exact) mass is 428 g/mol. The molecule has 2 aliphatic rings. The molecule has 3 heterocycles. The van der Waals surface area contributed by atoms with E-state index in [2.05, 4.69) is 37.0 Å². The molecule has 0 bridgehead atoms. The molecule has 7 heteroatoms. The average molecular weight is 429 g/mol. The van der Waals surface area contributed by atoms with Crippen molar-refractivity contribution in [1.82, 2.24) is 9.55 Å². The summed E-state index contributed by atoms with van der Waals surface area (Å²) in [5.74, 6) is 0.833. The van der Waals surface area contributed by atoms with Gasteiger partial charge in [0.05, 0.1) is 31.6 Å². The Hall–Kier alpha value is -2.22. The number of hydrogen-bond acceptors (Lipinski definition) is 6. The van der Waals surface area contributed by atoms with Crippen LogP contribution in [0.3, 0.4) is 0 Å². The smallest absolute Gasteiger partial charge is 0.351 e. The number of ether oxygens (including phenoxy) is 4. The summed E-state index contributed by atoms with van der Waals surface area (Å²) < 4.78 is 24.1. The zero-order chi connectivity index (χ0) is 21.8. The molecule has 0 saturated carbocycles. The van der Waals surface area contributed by atoms with Crippen molar-refractivity contribution in [2.24, 2.45) is 5.92 Å². The number of fused-ring (bicyclic) bond motifs is 3. The highest BCUT2D eigenvalue weighted by Crippen LogP contribution is 2.31. The first-order valence-electron chi connectivity index (χ1n) is 11.1. The number of rotatable bonds is 8. The maximum atomic E-state index is 12.6. The zero-order valence-corrected chi connectivity index (χ0v) is 18.6. The molecule has 1 unspecified atom stereocenters. The van der Waals surface area contributed by atoms with Gasteiger partial charge in [-0.25, -0.2) is 4.79 Å². The predicted molar refractivity (Wildman–Crippen MR) is 118 cm³/mol. The lowest BCUT2D eigenvalue weighted by Gasteiger charge is -2.24. The molecule has 1 fully saturated rings. The number of aryl methyl sites for hydroxylation is 2. The highest BCUT2D eigenvalue weighted by molar-refractivity contribution is 5.67. The van der Waals surface area contributed by atoms with Gasteiger partial charge in [0, 0.05) is 25.3 Å². The molecule has 0 aliphatic carbocycles. The topological polar surface area (TPSA) is 71.8 Å². The molecule has 0 radical (unpaired) electrons. The van der Waals surface area contributed by atoms with Gasteiger partial charge in [-0.2, -0.15) is 4.98 Å². The third kappa shape index (κ3) is 5.17. The Balaban J connectivity index is 1.51. The van der Waals surface area contributed by atoms with Crippen LogP contribution in [0.5, 0.6) is 5.88 Å². The lowest BCUT2D eigenvalue weighted by Crippen LogP contribution is -2.34. The van der Waals surface area contributed by atoms with Crippen molar-refractivity contribution in [2.75, 3.05) is 33.5 Å². The minimum absolute atomic E-state index is 0.133. The minimum Gasteiger partial charge on any atom is -0.475 e. The number of benzene rings is 1. The number of aromatic nitrogens is 2. The highest BCUT2D eigenvalue weighted by atomic mass is 16.6. The standard InChI is InChI=1S/C24H32N2O5/c1-16(2)22(28-3)7-5-17-4-6-20-18(12-17)8-9-26-21(20)13-23(25-24(26)27)31-15-19-14-29-10-11-30-19/h4,6,12-13,16,19,22H,5,7-11,14-15H2,1-3H3/t19-,22?/m0/s1. The van der Waals surface area contributed by atoms with Crippen molar-refractivity contribution in [2.45, 2.75) is 51.9 Å². The molecule has 0 spiro atoms. The lowest BCUT2D eigenvalue weighted by molar-refractivity contribution is -0.102. The van der Waals surface area contributed by atoms with Crippen LogP contribution in [0.15, 0.2) is 29.1 Å². The quantitative estimate of drug-likeness (QED) is 0.644. The van der Waals surface area contributed by atoms with Crippen LogP contribution in [0.4, 0.5) is 0 Å². The van der Waals surface area contributed by atoms with Crippen LogP contribution in [0.1, 0.15) is 31.4 Å². The van der Waals surface area contributed by atoms with Crippen LogP contribution in [0.2, 0.25) is 0 Å². The van der Waals surface area contributed by atoms with Crippen molar-refractivity contribution in [3.05, 3.63) is 45.9 Å². The second kappa shape index (κ2) is 9.94. The molecule has 1 saturated heterocycles. The summed E-state index contributed by atoms with van der Waals surface area (Å²) in [5.41, 5.74) is 4.22. The summed E-state index contributed by atoms with van der Waals surface area (Å²) in [7, 11) is 1.79. The van der Waals surface area contributed by atoms with Crippen LogP contribution in [0, 0.1) is 5.92 Å². The van der Waals surface area contributed by atoms with Crippen LogP contribution in [-0.4, -0.2) is 55.3 Å². The largest absolute Gasteiger partial charge is 0.475 e. The zero-order valence-electron chi connectivity index (χ0n) is 18.6. The molecular weight excluding hydrogens is 396 g/mol. The summed E-state index contributed by atoms with van der Waals surface area (Å²) in [6.45, 7) is 7.00. The maximum absolute atomic E-state index is 12.6. The van der Waals surface area contributed by atoms with Gasteiger partial charge in [-0.15, -0.1) is 0 Å². The van der Waals surface area contributed by atoms with Gasteiger partial charge in [0.2, 0.25) is 5.88 Å². The normalized spacial score (nSPS) is 19.0. The summed E-state index contributed by atoms with van der Waals surface area (Å²) >= 11 is 0. The number of hydrogen-bond donors (Lipinski definition) is 0. The fourth-order valence-corrected chi connectivity index (χ4v) is 4.33. The van der Waals surface area contributed by atoms with Gasteiger partial charge in [0.25, 0.3) is 0 Å². The molecule has 7 nitrogen and oxygen atoms in total. The van der Waals surface area contributed by atoms with Crippen LogP contribution in [0.25, 0.3) is 11.3 Å². The molecule has 1 aromatic carbocycles. The van der Waals surface area contributed by atoms with E-state index < -0.39 is 0 Å². The second-order valence-corrected chi connectivity index (χ2v) is 8.59. The van der Waals surface area contributed by atoms with Gasteiger partial charge in [0.15, 0.2) is 0 Å². The van der Waals surface area contributed by atoms with Crippen molar-refractivity contribution >= 4 is 0 Å². The predicted octanol–water partition coefficient (Wildman–Crippen LogP) is 2.86. The van der Waals surface area contributed by atoms with E-state index in [-0.39, 0.29) is 17.9 Å². The first-order valence-corrected chi connectivity index (χ1v) is 11.1. The summed E-state index contributed by atoms with van der Waals surface area (Å²) in [6, 6.07) is 8.40. The van der Waals surface area contributed by atoms with E-state index in [1.165, 1.54) is 11.1 Å². The van der Waals surface area contributed by atoms with Crippen LogP contribution in [-0.2, 0) is 33.6 Å². The Morgan fingerprint density at radius 3 is 2.87 bits per heavy atom. The van der Waals surface area contributed by atoms with Gasteiger partial charge in [-0.05, 0) is 36.3 Å². The van der Waals surface area contributed by atoms with E-state index in [0.29, 0.717) is 44.8 Å². The summed E-state index contributed by atoms with van der Waals surface area (Å²) in [4.78, 5) is 16.7. The van der Waals surface area contributed by atoms with Crippen molar-refractivity contribution in [3.8, 4) is 17.1 Å². The van der Waals surface area contributed by atoms with Gasteiger partial charge >= 0.3 is 5.69 Å². The average Bonchev–Trinajstić information content (AvgIpc) is 2.78. The maximum Gasteiger partial charge on any atom is 0.351 e. The first kappa shape index (κ1) is 22.0. The molecule has 2 aromatic rings.